The van der Waals surface area contributed by atoms with Gasteiger partial charge in [0.1, 0.15) is 11.3 Å². The summed E-state index contributed by atoms with van der Waals surface area (Å²) in [4.78, 5) is 43.1. The highest BCUT2D eigenvalue weighted by Crippen LogP contribution is 2.54. The van der Waals surface area contributed by atoms with Gasteiger partial charge in [-0.2, -0.15) is 0 Å². The lowest BCUT2D eigenvalue weighted by atomic mass is 9.72. The van der Waals surface area contributed by atoms with E-state index in [1.165, 1.54) is 11.3 Å². The molecule has 7 nitrogen and oxygen atoms in total. The van der Waals surface area contributed by atoms with Crippen LogP contribution in [0.5, 0.6) is 5.75 Å². The number of carbonyl (C=O) groups is 3. The van der Waals surface area contributed by atoms with Crippen molar-refractivity contribution in [2.45, 2.75) is 88.3 Å². The summed E-state index contributed by atoms with van der Waals surface area (Å²) in [5.74, 6) is -2.17. The molecule has 38 heavy (non-hydrogen) atoms. The molecule has 0 bridgehead atoms. The first-order valence-electron chi connectivity index (χ1n) is 14.4. The molecule has 2 heterocycles. The van der Waals surface area contributed by atoms with Gasteiger partial charge in [0.2, 0.25) is 11.8 Å². The highest BCUT2D eigenvalue weighted by molar-refractivity contribution is 6.10. The Bertz CT molecular complexity index is 1250. The van der Waals surface area contributed by atoms with Crippen molar-refractivity contribution >= 4 is 28.6 Å². The van der Waals surface area contributed by atoms with E-state index in [-0.39, 0.29) is 23.8 Å². The van der Waals surface area contributed by atoms with E-state index in [9.17, 15) is 19.5 Å². The summed E-state index contributed by atoms with van der Waals surface area (Å²) in [7, 11) is 1.63. The van der Waals surface area contributed by atoms with Gasteiger partial charge in [0.15, 0.2) is 0 Å². The van der Waals surface area contributed by atoms with E-state index in [2.05, 4.69) is 5.32 Å². The number of carboxylic acid groups (broad SMARTS) is 1. The molecule has 4 unspecified atom stereocenters. The van der Waals surface area contributed by atoms with E-state index in [0.29, 0.717) is 6.42 Å². The number of rotatable bonds is 6. The lowest BCUT2D eigenvalue weighted by Crippen LogP contribution is -2.57. The lowest BCUT2D eigenvalue weighted by molar-refractivity contribution is -0.153. The van der Waals surface area contributed by atoms with Crippen LogP contribution >= 0.6 is 0 Å². The number of aliphatic carboxylic acids is 1. The zero-order valence-electron chi connectivity index (χ0n) is 22.2. The molecule has 2 amide bonds. The predicted octanol–water partition coefficient (Wildman–Crippen LogP) is 5.22. The van der Waals surface area contributed by atoms with Crippen molar-refractivity contribution in [3.8, 4) is 5.75 Å². The summed E-state index contributed by atoms with van der Waals surface area (Å²) < 4.78 is 5.60. The minimum Gasteiger partial charge on any atom is -0.496 e. The van der Waals surface area contributed by atoms with Crippen molar-refractivity contribution in [3.63, 3.8) is 0 Å². The number of imide groups is 1. The number of amides is 2. The van der Waals surface area contributed by atoms with Gasteiger partial charge in [-0.15, -0.1) is 0 Å². The van der Waals surface area contributed by atoms with E-state index in [4.69, 9.17) is 4.74 Å². The third-order valence-electron chi connectivity index (χ3n) is 9.82. The van der Waals surface area contributed by atoms with Crippen molar-refractivity contribution in [1.29, 1.82) is 0 Å². The molecule has 2 saturated heterocycles. The van der Waals surface area contributed by atoms with Gasteiger partial charge in [-0.25, -0.2) is 0 Å². The molecule has 7 heteroatoms. The third-order valence-corrected chi connectivity index (χ3v) is 9.82. The molecule has 2 aromatic carbocycles. The molecule has 202 valence electrons. The number of nitrogens with zero attached hydrogens (tertiary/aromatic N) is 1. The third kappa shape index (κ3) is 3.93. The molecule has 2 aromatic rings. The molecule has 0 spiro atoms. The van der Waals surface area contributed by atoms with Crippen LogP contribution < -0.4 is 10.1 Å². The first-order valence-corrected chi connectivity index (χ1v) is 14.4. The van der Waals surface area contributed by atoms with Gasteiger partial charge in [-0.05, 0) is 42.2 Å². The van der Waals surface area contributed by atoms with Gasteiger partial charge in [-0.1, -0.05) is 81.7 Å². The van der Waals surface area contributed by atoms with Crippen LogP contribution in [-0.2, 0) is 14.4 Å². The van der Waals surface area contributed by atoms with E-state index in [1.54, 1.807) is 7.11 Å². The Morgan fingerprint density at radius 2 is 1.61 bits per heavy atom. The van der Waals surface area contributed by atoms with E-state index in [1.807, 2.05) is 36.4 Å². The van der Waals surface area contributed by atoms with Crippen molar-refractivity contribution < 1.29 is 24.2 Å². The zero-order valence-corrected chi connectivity index (χ0v) is 22.2. The largest absolute Gasteiger partial charge is 0.496 e. The standard InChI is InChI=1S/C31H38N2O5/c1-38-24-17-16-23(21-14-8-9-15-22(21)24)27-25-26(29(35)33(28(25)34)20-12-6-3-7-13-20)31(32-27,30(36)37)18-19-10-4-2-5-11-19/h8-9,14-17,19-20,25-27,32H,2-7,10-13,18H2,1H3,(H,36,37). The summed E-state index contributed by atoms with van der Waals surface area (Å²) >= 11 is 0. The normalized spacial score (nSPS) is 30.7. The number of likely N-dealkylation sites (tertiary alicyclic amines) is 1. The second-order valence-electron chi connectivity index (χ2n) is 11.9. The minimum absolute atomic E-state index is 0.121. The highest BCUT2D eigenvalue weighted by atomic mass is 16.5. The van der Waals surface area contributed by atoms with Gasteiger partial charge in [0.25, 0.3) is 0 Å². The number of nitrogens with one attached hydrogen (secondary N) is 1. The quantitative estimate of drug-likeness (QED) is 0.509. The zero-order chi connectivity index (χ0) is 26.4. The SMILES string of the molecule is COc1ccc(C2NC(CC3CCCCC3)(C(=O)O)C3C(=O)N(C4CCCCC4)C(=O)C23)c2ccccc12. The number of hydrogen-bond acceptors (Lipinski definition) is 5. The van der Waals surface area contributed by atoms with Crippen molar-refractivity contribution in [3.05, 3.63) is 42.0 Å². The summed E-state index contributed by atoms with van der Waals surface area (Å²) in [6, 6.07) is 11.0. The number of ether oxygens (including phenoxy) is 1. The molecule has 2 N–H and O–H groups in total. The summed E-state index contributed by atoms with van der Waals surface area (Å²) in [5.41, 5.74) is -0.607. The number of carbonyl (C=O) groups excluding carboxylic acids is 2. The van der Waals surface area contributed by atoms with Crippen molar-refractivity contribution in [1.82, 2.24) is 10.2 Å². The van der Waals surface area contributed by atoms with Crippen LogP contribution in [0.25, 0.3) is 10.8 Å². The molecular formula is C31H38N2O5. The van der Waals surface area contributed by atoms with Gasteiger partial charge < -0.3 is 9.84 Å². The Balaban J connectivity index is 1.48. The molecule has 0 aromatic heterocycles. The van der Waals surface area contributed by atoms with E-state index in [0.717, 1.165) is 79.9 Å². The Morgan fingerprint density at radius 1 is 0.947 bits per heavy atom. The number of carboxylic acids is 1. The Morgan fingerprint density at radius 3 is 2.26 bits per heavy atom. The molecular weight excluding hydrogens is 480 g/mol. The van der Waals surface area contributed by atoms with Crippen LogP contribution in [0.15, 0.2) is 36.4 Å². The maximum Gasteiger partial charge on any atom is 0.324 e. The van der Waals surface area contributed by atoms with Gasteiger partial charge in [0, 0.05) is 17.5 Å². The maximum atomic E-state index is 14.2. The predicted molar refractivity (Wildman–Crippen MR) is 144 cm³/mol. The second-order valence-corrected chi connectivity index (χ2v) is 11.9. The Kier molecular flexibility index (Phi) is 6.67. The highest BCUT2D eigenvalue weighted by Gasteiger charge is 2.69. The molecule has 2 aliphatic heterocycles. The first-order chi connectivity index (χ1) is 18.5. The molecule has 4 atom stereocenters. The Labute approximate surface area is 223 Å². The monoisotopic (exact) mass is 518 g/mol. The average Bonchev–Trinajstić information content (AvgIpc) is 3.42. The van der Waals surface area contributed by atoms with Crippen molar-refractivity contribution in [2.24, 2.45) is 17.8 Å². The molecule has 4 fully saturated rings. The lowest BCUT2D eigenvalue weighted by Gasteiger charge is -2.37. The van der Waals surface area contributed by atoms with Gasteiger partial charge in [0.05, 0.1) is 18.9 Å². The summed E-state index contributed by atoms with van der Waals surface area (Å²) in [6.07, 6.45) is 10.4. The second kappa shape index (κ2) is 9.99. The van der Waals surface area contributed by atoms with Crippen LogP contribution in [0, 0.1) is 17.8 Å². The summed E-state index contributed by atoms with van der Waals surface area (Å²) in [6.45, 7) is 0. The summed E-state index contributed by atoms with van der Waals surface area (Å²) in [5, 5.41) is 16.1. The maximum absolute atomic E-state index is 14.2. The molecule has 2 saturated carbocycles. The van der Waals surface area contributed by atoms with Crippen LogP contribution in [0.4, 0.5) is 0 Å². The fourth-order valence-electron chi connectivity index (χ4n) is 8.05. The molecule has 4 aliphatic rings. The van der Waals surface area contributed by atoms with Gasteiger partial charge in [-0.3, -0.25) is 24.6 Å². The first kappa shape index (κ1) is 25.4. The van der Waals surface area contributed by atoms with Crippen LogP contribution in [0.1, 0.15) is 82.2 Å². The van der Waals surface area contributed by atoms with E-state index < -0.39 is 29.4 Å². The molecule has 6 rings (SSSR count). The van der Waals surface area contributed by atoms with Crippen LogP contribution in [-0.4, -0.2) is 46.5 Å². The van der Waals surface area contributed by atoms with Crippen LogP contribution in [0.3, 0.4) is 0 Å². The average molecular weight is 519 g/mol. The number of hydrogen-bond donors (Lipinski definition) is 2. The minimum atomic E-state index is -1.46. The number of methoxy groups -OCH3 is 1. The fraction of sp³-hybridized carbons (Fsp3) is 0.581. The fourth-order valence-corrected chi connectivity index (χ4v) is 8.05. The van der Waals surface area contributed by atoms with Crippen LogP contribution in [0.2, 0.25) is 0 Å². The number of benzene rings is 2. The number of fused-ring (bicyclic) bond motifs is 2. The Hall–Kier alpha value is -2.93. The van der Waals surface area contributed by atoms with Gasteiger partial charge >= 0.3 is 5.97 Å². The smallest absolute Gasteiger partial charge is 0.324 e. The van der Waals surface area contributed by atoms with E-state index >= 15 is 0 Å². The topological polar surface area (TPSA) is 95.9 Å². The molecule has 2 aliphatic carbocycles. The van der Waals surface area contributed by atoms with Crippen molar-refractivity contribution in [2.75, 3.05) is 7.11 Å². The molecule has 0 radical (unpaired) electrons.